The first kappa shape index (κ1) is 28.5. The smallest absolute Gasteiger partial charge is 0.326 e. The van der Waals surface area contributed by atoms with Gasteiger partial charge in [-0.05, 0) is 38.1 Å². The fourth-order valence-corrected chi connectivity index (χ4v) is 3.61. The summed E-state index contributed by atoms with van der Waals surface area (Å²) in [5, 5.41) is 20.3. The van der Waals surface area contributed by atoms with Crippen molar-refractivity contribution in [2.24, 2.45) is 22.4 Å². The van der Waals surface area contributed by atoms with E-state index in [-0.39, 0.29) is 42.5 Å². The molecule has 1 aliphatic rings. The zero-order chi connectivity index (χ0) is 25.0. The van der Waals surface area contributed by atoms with E-state index in [9.17, 15) is 24.3 Å². The zero-order valence-corrected chi connectivity index (χ0v) is 20.1. The standard InChI is InChI=1S/C20H37N7O5S/c1-3-11(2)15(27-16(28)12-6-4-8-23-12)18(30)26-14(10-33)17(29)25-13(19(31)32)7-5-9-24-20(21)22/h11-15,23,33H,3-10H2,1-2H3,(H,25,29)(H,26,30)(H,27,28)(H,31,32)(H4,21,22,24). The van der Waals surface area contributed by atoms with Gasteiger partial charge in [0.15, 0.2) is 5.96 Å². The molecule has 0 radical (unpaired) electrons. The Kier molecular flexibility index (Phi) is 12.6. The van der Waals surface area contributed by atoms with Crippen LogP contribution in [-0.2, 0) is 19.2 Å². The number of thiol groups is 1. The minimum Gasteiger partial charge on any atom is -0.480 e. The van der Waals surface area contributed by atoms with Crippen LogP contribution in [0.1, 0.15) is 46.0 Å². The number of nitrogens with one attached hydrogen (secondary N) is 4. The van der Waals surface area contributed by atoms with Gasteiger partial charge in [-0.25, -0.2) is 4.79 Å². The number of carbonyl (C=O) groups excluding carboxylic acids is 3. The van der Waals surface area contributed by atoms with Crippen LogP contribution in [0.4, 0.5) is 0 Å². The quantitative estimate of drug-likeness (QED) is 0.0613. The highest BCUT2D eigenvalue weighted by molar-refractivity contribution is 7.80. The number of aliphatic carboxylic acids is 1. The Morgan fingerprint density at radius 3 is 2.33 bits per heavy atom. The number of carboxylic acid groups (broad SMARTS) is 1. The molecule has 1 heterocycles. The summed E-state index contributed by atoms with van der Waals surface area (Å²) in [4.78, 5) is 53.4. The van der Waals surface area contributed by atoms with E-state index in [1.165, 1.54) is 0 Å². The van der Waals surface area contributed by atoms with Crippen LogP contribution in [0, 0.1) is 5.92 Å². The summed E-state index contributed by atoms with van der Waals surface area (Å²) < 4.78 is 0. The molecule has 1 rings (SSSR count). The number of amides is 3. The van der Waals surface area contributed by atoms with Crippen molar-refractivity contribution in [3.8, 4) is 0 Å². The van der Waals surface area contributed by atoms with Gasteiger partial charge in [0.1, 0.15) is 18.1 Å². The summed E-state index contributed by atoms with van der Waals surface area (Å²) in [5.74, 6) is -3.01. The number of nitrogens with two attached hydrogens (primary N) is 2. The number of carboxylic acids is 1. The van der Waals surface area contributed by atoms with Crippen molar-refractivity contribution >= 4 is 42.3 Å². The average Bonchev–Trinajstić information content (AvgIpc) is 3.31. The van der Waals surface area contributed by atoms with E-state index in [4.69, 9.17) is 11.5 Å². The molecule has 188 valence electrons. The van der Waals surface area contributed by atoms with Crippen LogP contribution in [0.3, 0.4) is 0 Å². The molecule has 12 nitrogen and oxygen atoms in total. The summed E-state index contributed by atoms with van der Waals surface area (Å²) >= 11 is 4.13. The summed E-state index contributed by atoms with van der Waals surface area (Å²) in [6.45, 7) is 4.70. The second-order valence-corrected chi connectivity index (χ2v) is 8.48. The second-order valence-electron chi connectivity index (χ2n) is 8.11. The van der Waals surface area contributed by atoms with Gasteiger partial charge in [-0.3, -0.25) is 19.4 Å². The summed E-state index contributed by atoms with van der Waals surface area (Å²) in [6.07, 6.45) is 2.65. The van der Waals surface area contributed by atoms with Gasteiger partial charge in [0.05, 0.1) is 6.04 Å². The largest absolute Gasteiger partial charge is 0.480 e. The molecule has 5 unspecified atom stereocenters. The Balaban J connectivity index is 2.76. The van der Waals surface area contributed by atoms with Gasteiger partial charge in [0.25, 0.3) is 0 Å². The Bertz CT molecular complexity index is 711. The lowest BCUT2D eigenvalue weighted by Crippen LogP contribution is -2.59. The third kappa shape index (κ3) is 9.86. The van der Waals surface area contributed by atoms with E-state index in [0.29, 0.717) is 19.3 Å². The molecule has 33 heavy (non-hydrogen) atoms. The van der Waals surface area contributed by atoms with Crippen LogP contribution in [0.2, 0.25) is 0 Å². The number of carbonyl (C=O) groups is 4. The van der Waals surface area contributed by atoms with E-state index in [1.54, 1.807) is 0 Å². The highest BCUT2D eigenvalue weighted by atomic mass is 32.1. The fraction of sp³-hybridized carbons (Fsp3) is 0.750. The molecule has 3 amide bonds. The highest BCUT2D eigenvalue weighted by Crippen LogP contribution is 2.11. The Morgan fingerprint density at radius 2 is 1.82 bits per heavy atom. The van der Waals surface area contributed by atoms with Crippen molar-refractivity contribution in [3.05, 3.63) is 0 Å². The predicted octanol–water partition coefficient (Wildman–Crippen LogP) is -1.69. The maximum Gasteiger partial charge on any atom is 0.326 e. The number of guanidine groups is 1. The van der Waals surface area contributed by atoms with Gasteiger partial charge in [-0.2, -0.15) is 12.6 Å². The van der Waals surface area contributed by atoms with Crippen molar-refractivity contribution < 1.29 is 24.3 Å². The molecule has 1 aliphatic heterocycles. The van der Waals surface area contributed by atoms with Crippen LogP contribution in [0.15, 0.2) is 4.99 Å². The van der Waals surface area contributed by atoms with E-state index < -0.39 is 35.9 Å². The summed E-state index contributed by atoms with van der Waals surface area (Å²) in [7, 11) is 0. The molecule has 0 spiro atoms. The van der Waals surface area contributed by atoms with Gasteiger partial charge >= 0.3 is 5.97 Å². The fourth-order valence-electron chi connectivity index (χ4n) is 3.35. The van der Waals surface area contributed by atoms with Crippen molar-refractivity contribution in [2.45, 2.75) is 70.1 Å². The van der Waals surface area contributed by atoms with Crippen LogP contribution in [-0.4, -0.2) is 77.8 Å². The minimum atomic E-state index is -1.22. The Labute approximate surface area is 199 Å². The SMILES string of the molecule is CCC(C)C(NC(=O)C1CCCN1)C(=O)NC(CS)C(=O)NC(CCCN=C(N)N)C(=O)O. The lowest BCUT2D eigenvalue weighted by molar-refractivity contribution is -0.142. The van der Waals surface area contributed by atoms with Crippen molar-refractivity contribution in [1.82, 2.24) is 21.3 Å². The van der Waals surface area contributed by atoms with E-state index >= 15 is 0 Å². The monoisotopic (exact) mass is 487 g/mol. The van der Waals surface area contributed by atoms with Crippen LogP contribution in [0.25, 0.3) is 0 Å². The van der Waals surface area contributed by atoms with Gasteiger partial charge in [0, 0.05) is 12.3 Å². The molecular formula is C20H37N7O5S. The van der Waals surface area contributed by atoms with Crippen molar-refractivity contribution in [3.63, 3.8) is 0 Å². The van der Waals surface area contributed by atoms with Crippen molar-refractivity contribution in [1.29, 1.82) is 0 Å². The van der Waals surface area contributed by atoms with Crippen LogP contribution < -0.4 is 32.7 Å². The average molecular weight is 488 g/mol. The van der Waals surface area contributed by atoms with Gasteiger partial charge in [0.2, 0.25) is 17.7 Å². The van der Waals surface area contributed by atoms with Crippen molar-refractivity contribution in [2.75, 3.05) is 18.8 Å². The minimum absolute atomic E-state index is 0.0523. The Hall–Kier alpha value is -2.54. The molecule has 1 fully saturated rings. The number of rotatable bonds is 14. The van der Waals surface area contributed by atoms with Crippen LogP contribution >= 0.6 is 12.6 Å². The zero-order valence-electron chi connectivity index (χ0n) is 19.2. The summed E-state index contributed by atoms with van der Waals surface area (Å²) in [6, 6.07) is -3.43. The molecule has 0 aromatic rings. The highest BCUT2D eigenvalue weighted by Gasteiger charge is 2.33. The topological polar surface area (TPSA) is 201 Å². The number of aliphatic imine (C=N–C) groups is 1. The molecule has 0 aromatic carbocycles. The molecule has 1 saturated heterocycles. The molecule has 0 saturated carbocycles. The number of nitrogens with zero attached hydrogens (tertiary/aromatic N) is 1. The van der Waals surface area contributed by atoms with E-state index in [2.05, 4.69) is 38.9 Å². The lowest BCUT2D eigenvalue weighted by atomic mass is 9.97. The van der Waals surface area contributed by atoms with Gasteiger partial charge in [-0.15, -0.1) is 0 Å². The molecular weight excluding hydrogens is 450 g/mol. The maximum absolute atomic E-state index is 12.9. The maximum atomic E-state index is 12.9. The molecule has 13 heteroatoms. The van der Waals surface area contributed by atoms with E-state index in [1.807, 2.05) is 13.8 Å². The molecule has 9 N–H and O–H groups in total. The van der Waals surface area contributed by atoms with E-state index in [0.717, 1.165) is 13.0 Å². The first-order valence-corrected chi connectivity index (χ1v) is 11.8. The first-order chi connectivity index (χ1) is 15.6. The predicted molar refractivity (Wildman–Crippen MR) is 128 cm³/mol. The Morgan fingerprint density at radius 1 is 1.15 bits per heavy atom. The first-order valence-electron chi connectivity index (χ1n) is 11.1. The van der Waals surface area contributed by atoms with Gasteiger partial charge in [-0.1, -0.05) is 20.3 Å². The number of hydrogen-bond acceptors (Lipinski definition) is 7. The summed E-state index contributed by atoms with van der Waals surface area (Å²) in [5.41, 5.74) is 10.5. The molecule has 5 atom stereocenters. The molecule has 0 aliphatic carbocycles. The molecule has 0 aromatic heterocycles. The van der Waals surface area contributed by atoms with Crippen LogP contribution in [0.5, 0.6) is 0 Å². The lowest BCUT2D eigenvalue weighted by Gasteiger charge is -2.27. The van der Waals surface area contributed by atoms with Gasteiger partial charge < -0.3 is 37.8 Å². The second kappa shape index (κ2) is 14.6. The third-order valence-electron chi connectivity index (χ3n) is 5.55. The molecule has 0 bridgehead atoms. The third-order valence-corrected chi connectivity index (χ3v) is 5.91. The number of hydrogen-bond donors (Lipinski definition) is 8. The normalized spacial score (nSPS) is 18.9.